The molecule has 0 saturated carbocycles. The van der Waals surface area contributed by atoms with Gasteiger partial charge in [0.2, 0.25) is 5.91 Å². The van der Waals surface area contributed by atoms with E-state index in [0.29, 0.717) is 5.82 Å². The van der Waals surface area contributed by atoms with Gasteiger partial charge in [-0.2, -0.15) is 5.10 Å². The molecule has 1 aromatic heterocycles. The zero-order valence-electron chi connectivity index (χ0n) is 8.57. The van der Waals surface area contributed by atoms with Crippen LogP contribution in [0.1, 0.15) is 19.5 Å². The first-order chi connectivity index (χ1) is 7.04. The van der Waals surface area contributed by atoms with Gasteiger partial charge >= 0.3 is 5.97 Å². The van der Waals surface area contributed by atoms with Crippen molar-refractivity contribution in [2.75, 3.05) is 5.32 Å². The lowest BCUT2D eigenvalue weighted by Crippen LogP contribution is -2.26. The standard InChI is InChI=1S/C9H13N3O3/c1-3-6-4-7(12-11-6)10-8(13)5(2)9(14)15/h4-5H,3H2,1-2H3,(H,14,15)(H2,10,11,12,13). The van der Waals surface area contributed by atoms with Crippen LogP contribution in [0.4, 0.5) is 5.82 Å². The van der Waals surface area contributed by atoms with Crippen LogP contribution in [0.5, 0.6) is 0 Å². The van der Waals surface area contributed by atoms with Gasteiger partial charge in [-0.1, -0.05) is 6.92 Å². The Morgan fingerprint density at radius 2 is 2.33 bits per heavy atom. The second kappa shape index (κ2) is 4.59. The van der Waals surface area contributed by atoms with Crippen molar-refractivity contribution in [1.82, 2.24) is 10.2 Å². The summed E-state index contributed by atoms with van der Waals surface area (Å²) >= 11 is 0. The second-order valence-corrected chi connectivity index (χ2v) is 3.18. The van der Waals surface area contributed by atoms with Crippen molar-refractivity contribution in [2.24, 2.45) is 5.92 Å². The Hall–Kier alpha value is -1.85. The number of carboxylic acid groups (broad SMARTS) is 1. The molecule has 6 heteroatoms. The summed E-state index contributed by atoms with van der Waals surface area (Å²) in [6, 6.07) is 1.67. The number of H-pyrrole nitrogens is 1. The van der Waals surface area contributed by atoms with Crippen LogP contribution >= 0.6 is 0 Å². The quantitative estimate of drug-likeness (QED) is 0.636. The summed E-state index contributed by atoms with van der Waals surface area (Å²) in [5, 5.41) is 17.5. The highest BCUT2D eigenvalue weighted by molar-refractivity contribution is 6.03. The fourth-order valence-electron chi connectivity index (χ4n) is 0.953. The van der Waals surface area contributed by atoms with E-state index in [-0.39, 0.29) is 0 Å². The summed E-state index contributed by atoms with van der Waals surface area (Å²) in [6.45, 7) is 3.27. The van der Waals surface area contributed by atoms with Crippen molar-refractivity contribution in [1.29, 1.82) is 0 Å². The Morgan fingerprint density at radius 1 is 1.67 bits per heavy atom. The molecule has 1 amide bonds. The minimum atomic E-state index is -1.15. The summed E-state index contributed by atoms with van der Waals surface area (Å²) in [6.07, 6.45) is 0.775. The molecule has 1 rings (SSSR count). The van der Waals surface area contributed by atoms with E-state index in [1.165, 1.54) is 6.92 Å². The Balaban J connectivity index is 2.62. The summed E-state index contributed by atoms with van der Waals surface area (Å²) in [4.78, 5) is 21.8. The van der Waals surface area contributed by atoms with Crippen LogP contribution in [-0.2, 0) is 16.0 Å². The molecule has 15 heavy (non-hydrogen) atoms. The zero-order valence-corrected chi connectivity index (χ0v) is 8.57. The van der Waals surface area contributed by atoms with Crippen molar-refractivity contribution in [2.45, 2.75) is 20.3 Å². The number of rotatable bonds is 4. The first-order valence-corrected chi connectivity index (χ1v) is 4.62. The third-order valence-corrected chi connectivity index (χ3v) is 2.03. The summed E-state index contributed by atoms with van der Waals surface area (Å²) in [5.74, 6) is -2.45. The number of amides is 1. The number of nitrogens with zero attached hydrogens (tertiary/aromatic N) is 1. The molecule has 1 unspecified atom stereocenters. The van der Waals surface area contributed by atoms with Crippen LogP contribution < -0.4 is 5.32 Å². The topological polar surface area (TPSA) is 95.1 Å². The third-order valence-electron chi connectivity index (χ3n) is 2.03. The highest BCUT2D eigenvalue weighted by Crippen LogP contribution is 2.07. The van der Waals surface area contributed by atoms with Gasteiger partial charge in [-0.05, 0) is 13.3 Å². The van der Waals surface area contributed by atoms with Gasteiger partial charge in [-0.25, -0.2) is 0 Å². The maximum absolute atomic E-state index is 11.3. The van der Waals surface area contributed by atoms with E-state index in [4.69, 9.17) is 5.11 Å². The molecule has 0 aliphatic rings. The number of carbonyl (C=O) groups excluding carboxylic acids is 1. The number of carboxylic acids is 1. The second-order valence-electron chi connectivity index (χ2n) is 3.18. The maximum atomic E-state index is 11.3. The molecule has 0 radical (unpaired) electrons. The van der Waals surface area contributed by atoms with Gasteiger partial charge in [0.1, 0.15) is 5.92 Å². The van der Waals surface area contributed by atoms with Crippen LogP contribution in [0.2, 0.25) is 0 Å². The van der Waals surface area contributed by atoms with Crippen molar-refractivity contribution in [3.8, 4) is 0 Å². The van der Waals surface area contributed by atoms with E-state index in [9.17, 15) is 9.59 Å². The molecule has 1 atom stereocenters. The number of carbonyl (C=O) groups is 2. The van der Waals surface area contributed by atoms with Crippen molar-refractivity contribution in [3.05, 3.63) is 11.8 Å². The molecule has 0 aliphatic heterocycles. The lowest BCUT2D eigenvalue weighted by Gasteiger charge is -2.04. The molecule has 1 aromatic rings. The predicted octanol–water partition coefficient (Wildman–Crippen LogP) is 0.631. The minimum absolute atomic E-state index is 0.352. The number of anilines is 1. The lowest BCUT2D eigenvalue weighted by molar-refractivity contribution is -0.144. The van der Waals surface area contributed by atoms with Gasteiger partial charge in [-0.15, -0.1) is 0 Å². The van der Waals surface area contributed by atoms with E-state index in [2.05, 4.69) is 15.5 Å². The SMILES string of the molecule is CCc1cc(NC(=O)C(C)C(=O)O)n[nH]1. The van der Waals surface area contributed by atoms with Crippen LogP contribution in [0.3, 0.4) is 0 Å². The van der Waals surface area contributed by atoms with Crippen molar-refractivity contribution < 1.29 is 14.7 Å². The summed E-state index contributed by atoms with van der Waals surface area (Å²) in [5.41, 5.74) is 0.883. The van der Waals surface area contributed by atoms with Crippen LogP contribution in [0, 0.1) is 5.92 Å². The smallest absolute Gasteiger partial charge is 0.315 e. The Labute approximate surface area is 86.7 Å². The number of aromatic amines is 1. The molecule has 0 fully saturated rings. The van der Waals surface area contributed by atoms with Gasteiger partial charge < -0.3 is 10.4 Å². The first kappa shape index (κ1) is 11.2. The molecule has 82 valence electrons. The maximum Gasteiger partial charge on any atom is 0.315 e. The van der Waals surface area contributed by atoms with Crippen LogP contribution in [-0.4, -0.2) is 27.2 Å². The number of aromatic nitrogens is 2. The predicted molar refractivity (Wildman–Crippen MR) is 53.4 cm³/mol. The minimum Gasteiger partial charge on any atom is -0.481 e. The highest BCUT2D eigenvalue weighted by Gasteiger charge is 2.20. The summed E-state index contributed by atoms with van der Waals surface area (Å²) < 4.78 is 0. The molecule has 0 aromatic carbocycles. The zero-order chi connectivity index (χ0) is 11.4. The molecule has 0 bridgehead atoms. The largest absolute Gasteiger partial charge is 0.481 e. The fraction of sp³-hybridized carbons (Fsp3) is 0.444. The van der Waals surface area contributed by atoms with Crippen molar-refractivity contribution >= 4 is 17.7 Å². The van der Waals surface area contributed by atoms with Gasteiger partial charge in [0.05, 0.1) is 0 Å². The van der Waals surface area contributed by atoms with Crippen molar-refractivity contribution in [3.63, 3.8) is 0 Å². The van der Waals surface area contributed by atoms with Gasteiger partial charge in [-0.3, -0.25) is 14.7 Å². The molecule has 0 aliphatic carbocycles. The Morgan fingerprint density at radius 3 is 2.80 bits per heavy atom. The number of hydrogen-bond acceptors (Lipinski definition) is 3. The fourth-order valence-corrected chi connectivity index (χ4v) is 0.953. The van der Waals surface area contributed by atoms with Gasteiger partial charge in [0.15, 0.2) is 5.82 Å². The highest BCUT2D eigenvalue weighted by atomic mass is 16.4. The number of hydrogen-bond donors (Lipinski definition) is 3. The van der Waals surface area contributed by atoms with Crippen LogP contribution in [0.15, 0.2) is 6.07 Å². The van der Waals surface area contributed by atoms with Gasteiger partial charge in [0, 0.05) is 11.8 Å². The average Bonchev–Trinajstić information content (AvgIpc) is 2.64. The van der Waals surface area contributed by atoms with E-state index in [0.717, 1.165) is 12.1 Å². The molecule has 0 saturated heterocycles. The van der Waals surface area contributed by atoms with E-state index >= 15 is 0 Å². The Kier molecular flexibility index (Phi) is 3.43. The molecule has 6 nitrogen and oxygen atoms in total. The van der Waals surface area contributed by atoms with E-state index < -0.39 is 17.8 Å². The lowest BCUT2D eigenvalue weighted by atomic mass is 10.2. The average molecular weight is 211 g/mol. The molecular formula is C9H13N3O3. The molecule has 0 spiro atoms. The normalized spacial score (nSPS) is 12.1. The summed E-state index contributed by atoms with van der Waals surface area (Å²) in [7, 11) is 0. The number of aliphatic carboxylic acids is 1. The number of nitrogens with one attached hydrogen (secondary N) is 2. The molecular weight excluding hydrogens is 198 g/mol. The van der Waals surface area contributed by atoms with E-state index in [1.54, 1.807) is 6.07 Å². The molecule has 1 heterocycles. The van der Waals surface area contributed by atoms with E-state index in [1.807, 2.05) is 6.92 Å². The number of aryl methyl sites for hydroxylation is 1. The monoisotopic (exact) mass is 211 g/mol. The third kappa shape index (κ3) is 2.80. The van der Waals surface area contributed by atoms with Crippen LogP contribution in [0.25, 0.3) is 0 Å². The van der Waals surface area contributed by atoms with Gasteiger partial charge in [0.25, 0.3) is 0 Å². The molecule has 3 N–H and O–H groups in total. The first-order valence-electron chi connectivity index (χ1n) is 4.62. The Bertz CT molecular complexity index is 372.